The van der Waals surface area contributed by atoms with Gasteiger partial charge in [0.15, 0.2) is 0 Å². The smallest absolute Gasteiger partial charge is 0.0693 e. The molecule has 0 radical (unpaired) electrons. The average Bonchev–Trinajstić information content (AvgIpc) is 2.60. The highest BCUT2D eigenvalue weighted by atomic mass is 15.5. The molecule has 0 spiro atoms. The second-order valence-electron chi connectivity index (χ2n) is 2.94. The molecule has 1 fully saturated rings. The van der Waals surface area contributed by atoms with Gasteiger partial charge in [0.2, 0.25) is 0 Å². The van der Waals surface area contributed by atoms with Gasteiger partial charge in [0.05, 0.1) is 18.9 Å². The maximum atomic E-state index is 4.06. The first-order valence-corrected chi connectivity index (χ1v) is 4.00. The van der Waals surface area contributed by atoms with Crippen molar-refractivity contribution in [3.05, 3.63) is 12.4 Å². The zero-order chi connectivity index (χ0) is 7.52. The molecule has 11 heavy (non-hydrogen) atoms. The largest absolute Gasteiger partial charge is 0.316 e. The van der Waals surface area contributed by atoms with Crippen LogP contribution in [-0.2, 0) is 6.54 Å². The maximum absolute atomic E-state index is 4.06. The molecule has 0 aliphatic carbocycles. The van der Waals surface area contributed by atoms with E-state index >= 15 is 0 Å². The maximum Gasteiger partial charge on any atom is 0.0693 e. The van der Waals surface area contributed by atoms with Crippen molar-refractivity contribution in [3.8, 4) is 0 Å². The minimum Gasteiger partial charge on any atom is -0.316 e. The fourth-order valence-electron chi connectivity index (χ4n) is 1.44. The van der Waals surface area contributed by atoms with Gasteiger partial charge in [-0.1, -0.05) is 0 Å². The summed E-state index contributed by atoms with van der Waals surface area (Å²) in [6.45, 7) is 3.22. The highest BCUT2D eigenvalue weighted by Crippen LogP contribution is 2.08. The molecule has 1 unspecified atom stereocenters. The Morgan fingerprint density at radius 3 is 2.91 bits per heavy atom. The lowest BCUT2D eigenvalue weighted by Crippen LogP contribution is -2.15. The molecule has 1 aliphatic heterocycles. The lowest BCUT2D eigenvalue weighted by Gasteiger charge is -2.05. The highest BCUT2D eigenvalue weighted by Gasteiger charge is 2.14. The third-order valence-electron chi connectivity index (χ3n) is 2.05. The number of hydrogen-bond donors (Lipinski definition) is 1. The van der Waals surface area contributed by atoms with Crippen LogP contribution in [0, 0.1) is 5.92 Å². The van der Waals surface area contributed by atoms with Crippen molar-refractivity contribution in [2.45, 2.75) is 13.0 Å². The summed E-state index contributed by atoms with van der Waals surface area (Å²) in [4.78, 5) is 1.76. The van der Waals surface area contributed by atoms with E-state index in [4.69, 9.17) is 0 Å². The Labute approximate surface area is 65.6 Å². The van der Waals surface area contributed by atoms with Crippen LogP contribution in [-0.4, -0.2) is 28.1 Å². The van der Waals surface area contributed by atoms with E-state index in [2.05, 4.69) is 15.5 Å². The van der Waals surface area contributed by atoms with E-state index in [9.17, 15) is 0 Å². The molecule has 1 aliphatic rings. The lowest BCUT2D eigenvalue weighted by molar-refractivity contribution is 0.411. The molecule has 2 heterocycles. The van der Waals surface area contributed by atoms with Gasteiger partial charge in [0.25, 0.3) is 0 Å². The third-order valence-corrected chi connectivity index (χ3v) is 2.05. The Bertz CT molecular complexity index is 200. The van der Waals surface area contributed by atoms with Crippen molar-refractivity contribution in [2.75, 3.05) is 13.1 Å². The van der Waals surface area contributed by atoms with E-state index in [1.165, 1.54) is 6.42 Å². The van der Waals surface area contributed by atoms with Crippen molar-refractivity contribution in [1.82, 2.24) is 20.3 Å². The monoisotopic (exact) mass is 152 g/mol. The highest BCUT2D eigenvalue weighted by molar-refractivity contribution is 4.71. The predicted octanol–water partition coefficient (Wildman–Crippen LogP) is -0.112. The van der Waals surface area contributed by atoms with Crippen molar-refractivity contribution in [1.29, 1.82) is 0 Å². The molecule has 60 valence electrons. The molecule has 1 atom stereocenters. The van der Waals surface area contributed by atoms with Crippen LogP contribution in [0.25, 0.3) is 0 Å². The van der Waals surface area contributed by atoms with Crippen LogP contribution in [0.4, 0.5) is 0 Å². The summed E-state index contributed by atoms with van der Waals surface area (Å²) in [6, 6.07) is 0. The van der Waals surface area contributed by atoms with E-state index in [-0.39, 0.29) is 0 Å². The van der Waals surface area contributed by atoms with Crippen molar-refractivity contribution in [2.24, 2.45) is 5.92 Å². The fourth-order valence-corrected chi connectivity index (χ4v) is 1.44. The molecular formula is C7H12N4. The molecule has 0 aromatic carbocycles. The summed E-state index contributed by atoms with van der Waals surface area (Å²) >= 11 is 0. The van der Waals surface area contributed by atoms with Gasteiger partial charge in [-0.05, 0) is 25.4 Å². The molecule has 0 saturated carbocycles. The van der Waals surface area contributed by atoms with Gasteiger partial charge in [0, 0.05) is 0 Å². The van der Waals surface area contributed by atoms with E-state index in [1.54, 1.807) is 17.2 Å². The van der Waals surface area contributed by atoms with Crippen molar-refractivity contribution in [3.63, 3.8) is 0 Å². The Kier molecular flexibility index (Phi) is 1.85. The number of hydrogen-bond acceptors (Lipinski definition) is 3. The number of aromatic nitrogens is 3. The standard InChI is InChI=1S/C7H12N4/c1-2-8-5-7(1)6-11-9-3-4-10-11/h3-4,7-8H,1-2,5-6H2. The summed E-state index contributed by atoms with van der Waals surface area (Å²) in [5.41, 5.74) is 0. The normalized spacial score (nSPS) is 24.2. The van der Waals surface area contributed by atoms with Crippen LogP contribution >= 0.6 is 0 Å². The molecular weight excluding hydrogens is 140 g/mol. The molecule has 1 aromatic rings. The minimum atomic E-state index is 0.724. The second kappa shape index (κ2) is 3.00. The van der Waals surface area contributed by atoms with Gasteiger partial charge in [-0.25, -0.2) is 0 Å². The van der Waals surface area contributed by atoms with Crippen LogP contribution in [0.3, 0.4) is 0 Å². The van der Waals surface area contributed by atoms with Crippen LogP contribution in [0.1, 0.15) is 6.42 Å². The topological polar surface area (TPSA) is 42.7 Å². The Morgan fingerprint density at radius 1 is 1.45 bits per heavy atom. The zero-order valence-electron chi connectivity index (χ0n) is 6.40. The molecule has 1 aromatic heterocycles. The van der Waals surface area contributed by atoms with Crippen molar-refractivity contribution >= 4 is 0 Å². The van der Waals surface area contributed by atoms with E-state index in [0.29, 0.717) is 0 Å². The number of nitrogens with one attached hydrogen (secondary N) is 1. The second-order valence-corrected chi connectivity index (χ2v) is 2.94. The predicted molar refractivity (Wildman–Crippen MR) is 41.0 cm³/mol. The molecule has 0 bridgehead atoms. The fraction of sp³-hybridized carbons (Fsp3) is 0.714. The first-order chi connectivity index (χ1) is 5.45. The van der Waals surface area contributed by atoms with Crippen LogP contribution < -0.4 is 5.32 Å². The summed E-state index contributed by atoms with van der Waals surface area (Å²) in [5, 5.41) is 11.4. The van der Waals surface area contributed by atoms with Crippen LogP contribution in [0.5, 0.6) is 0 Å². The Hall–Kier alpha value is -0.900. The van der Waals surface area contributed by atoms with Gasteiger partial charge in [-0.3, -0.25) is 0 Å². The lowest BCUT2D eigenvalue weighted by atomic mass is 10.1. The van der Waals surface area contributed by atoms with Gasteiger partial charge < -0.3 is 5.32 Å². The summed E-state index contributed by atoms with van der Waals surface area (Å²) < 4.78 is 0. The van der Waals surface area contributed by atoms with E-state index < -0.39 is 0 Å². The average molecular weight is 152 g/mol. The number of rotatable bonds is 2. The van der Waals surface area contributed by atoms with Gasteiger partial charge >= 0.3 is 0 Å². The molecule has 0 amide bonds. The Morgan fingerprint density at radius 2 is 2.27 bits per heavy atom. The quantitative estimate of drug-likeness (QED) is 0.643. The van der Waals surface area contributed by atoms with Gasteiger partial charge in [0.1, 0.15) is 0 Å². The third kappa shape index (κ3) is 1.57. The summed E-state index contributed by atoms with van der Waals surface area (Å²) in [6.07, 6.45) is 4.70. The Balaban J connectivity index is 1.90. The summed E-state index contributed by atoms with van der Waals surface area (Å²) in [5.74, 6) is 0.724. The van der Waals surface area contributed by atoms with E-state index in [0.717, 1.165) is 25.6 Å². The number of nitrogens with zero attached hydrogens (tertiary/aromatic N) is 3. The first-order valence-electron chi connectivity index (χ1n) is 4.00. The van der Waals surface area contributed by atoms with Crippen molar-refractivity contribution < 1.29 is 0 Å². The van der Waals surface area contributed by atoms with Crippen LogP contribution in [0.15, 0.2) is 12.4 Å². The molecule has 4 heteroatoms. The van der Waals surface area contributed by atoms with Gasteiger partial charge in [-0.2, -0.15) is 15.0 Å². The molecule has 1 saturated heterocycles. The molecule has 2 rings (SSSR count). The first kappa shape index (κ1) is 6.79. The summed E-state index contributed by atoms with van der Waals surface area (Å²) in [7, 11) is 0. The van der Waals surface area contributed by atoms with Crippen LogP contribution in [0.2, 0.25) is 0 Å². The van der Waals surface area contributed by atoms with Gasteiger partial charge in [-0.15, -0.1) is 0 Å². The van der Waals surface area contributed by atoms with E-state index in [1.807, 2.05) is 0 Å². The molecule has 1 N–H and O–H groups in total. The minimum absolute atomic E-state index is 0.724. The SMILES string of the molecule is c1cnn(CC2CCNC2)n1. The zero-order valence-corrected chi connectivity index (χ0v) is 6.40. The molecule has 4 nitrogen and oxygen atoms in total.